The van der Waals surface area contributed by atoms with E-state index in [4.69, 9.17) is 0 Å². The summed E-state index contributed by atoms with van der Waals surface area (Å²) >= 11 is 1.76. The Labute approximate surface area is 133 Å². The Morgan fingerprint density at radius 3 is 3.05 bits per heavy atom. The number of nitrogens with one attached hydrogen (secondary N) is 1. The van der Waals surface area contributed by atoms with E-state index in [1.165, 1.54) is 10.4 Å². The molecule has 0 atom stereocenters. The molecule has 3 heterocycles. The number of aromatic nitrogens is 2. The van der Waals surface area contributed by atoms with E-state index < -0.39 is 0 Å². The van der Waals surface area contributed by atoms with Gasteiger partial charge in [0.25, 0.3) is 5.56 Å². The molecule has 0 fully saturated rings. The van der Waals surface area contributed by atoms with E-state index in [1.807, 2.05) is 11.8 Å². The summed E-state index contributed by atoms with van der Waals surface area (Å²) in [5.74, 6) is 0.717. The lowest BCUT2D eigenvalue weighted by Crippen LogP contribution is -2.35. The topological polar surface area (TPSA) is 66.1 Å². The van der Waals surface area contributed by atoms with E-state index in [1.54, 1.807) is 18.3 Å². The maximum atomic E-state index is 12.4. The average Bonchev–Trinajstić information content (AvgIpc) is 2.93. The lowest BCUT2D eigenvalue weighted by Gasteiger charge is -2.27. The molecule has 0 radical (unpaired) electrons. The summed E-state index contributed by atoms with van der Waals surface area (Å²) in [4.78, 5) is 34.6. The maximum absolute atomic E-state index is 12.4. The summed E-state index contributed by atoms with van der Waals surface area (Å²) in [6.45, 7) is 5.04. The van der Waals surface area contributed by atoms with Gasteiger partial charge in [0, 0.05) is 35.6 Å². The molecule has 3 rings (SSSR count). The molecule has 0 saturated heterocycles. The third kappa shape index (κ3) is 2.97. The highest BCUT2D eigenvalue weighted by Gasteiger charge is 2.21. The molecule has 1 amide bonds. The van der Waals surface area contributed by atoms with Crippen molar-refractivity contribution < 1.29 is 4.79 Å². The summed E-state index contributed by atoms with van der Waals surface area (Å²) in [5.41, 5.74) is 2.46. The smallest absolute Gasteiger partial charge is 0.254 e. The van der Waals surface area contributed by atoms with Crippen molar-refractivity contribution >= 4 is 17.2 Å². The molecule has 2 aromatic rings. The van der Waals surface area contributed by atoms with E-state index in [0.29, 0.717) is 36.5 Å². The summed E-state index contributed by atoms with van der Waals surface area (Å²) in [7, 11) is 0. The quantitative estimate of drug-likeness (QED) is 0.941. The van der Waals surface area contributed by atoms with Gasteiger partial charge in [0.1, 0.15) is 5.82 Å². The second-order valence-corrected chi connectivity index (χ2v) is 6.65. The van der Waals surface area contributed by atoms with Crippen molar-refractivity contribution in [1.29, 1.82) is 0 Å². The van der Waals surface area contributed by atoms with Crippen LogP contribution in [0, 0.1) is 13.8 Å². The zero-order valence-electron chi connectivity index (χ0n) is 12.8. The van der Waals surface area contributed by atoms with Crippen LogP contribution in [0.15, 0.2) is 16.2 Å². The van der Waals surface area contributed by atoms with Crippen LogP contribution in [-0.2, 0) is 24.2 Å². The Balaban J connectivity index is 1.65. The van der Waals surface area contributed by atoms with Crippen molar-refractivity contribution in [2.45, 2.75) is 39.7 Å². The third-order valence-corrected chi connectivity index (χ3v) is 5.11. The van der Waals surface area contributed by atoms with Crippen LogP contribution in [-0.4, -0.2) is 27.3 Å². The molecule has 0 bridgehead atoms. The molecule has 1 aliphatic rings. The number of rotatable bonds is 3. The number of amides is 1. The molecule has 0 aliphatic carbocycles. The monoisotopic (exact) mass is 317 g/mol. The van der Waals surface area contributed by atoms with Crippen LogP contribution in [0.5, 0.6) is 0 Å². The van der Waals surface area contributed by atoms with E-state index in [2.05, 4.69) is 21.4 Å². The molecular weight excluding hydrogens is 298 g/mol. The van der Waals surface area contributed by atoms with Crippen LogP contribution < -0.4 is 5.56 Å². The minimum absolute atomic E-state index is 0.108. The van der Waals surface area contributed by atoms with Gasteiger partial charge in [0.2, 0.25) is 5.91 Å². The van der Waals surface area contributed by atoms with E-state index in [-0.39, 0.29) is 11.5 Å². The summed E-state index contributed by atoms with van der Waals surface area (Å²) in [6, 6.07) is 2.10. The number of fused-ring (bicyclic) bond motifs is 1. The molecule has 0 spiro atoms. The van der Waals surface area contributed by atoms with Crippen molar-refractivity contribution in [1.82, 2.24) is 14.9 Å². The third-order valence-electron chi connectivity index (χ3n) is 4.09. The zero-order valence-corrected chi connectivity index (χ0v) is 13.6. The minimum Gasteiger partial charge on any atom is -0.338 e. The highest BCUT2D eigenvalue weighted by Crippen LogP contribution is 2.24. The standard InChI is InChI=1S/C16H19N3O2S/c1-10-13(16(21)18-11(2)17-10)3-4-15(20)19-7-5-14-12(9-19)6-8-22-14/h6,8H,3-5,7,9H2,1-2H3,(H,17,18,21). The van der Waals surface area contributed by atoms with Crippen molar-refractivity contribution in [2.24, 2.45) is 0 Å². The zero-order chi connectivity index (χ0) is 15.7. The Morgan fingerprint density at radius 1 is 1.45 bits per heavy atom. The number of nitrogens with zero attached hydrogens (tertiary/aromatic N) is 2. The normalized spacial score (nSPS) is 14.0. The molecule has 22 heavy (non-hydrogen) atoms. The molecule has 1 aliphatic heterocycles. The van der Waals surface area contributed by atoms with Gasteiger partial charge in [-0.3, -0.25) is 9.59 Å². The van der Waals surface area contributed by atoms with Crippen LogP contribution in [0.1, 0.15) is 33.9 Å². The van der Waals surface area contributed by atoms with Crippen molar-refractivity contribution in [3.05, 3.63) is 49.3 Å². The van der Waals surface area contributed by atoms with Crippen LogP contribution >= 0.6 is 11.3 Å². The molecule has 1 N–H and O–H groups in total. The lowest BCUT2D eigenvalue weighted by atomic mass is 10.1. The molecule has 0 unspecified atom stereocenters. The fourth-order valence-corrected chi connectivity index (χ4v) is 3.79. The lowest BCUT2D eigenvalue weighted by molar-refractivity contribution is -0.132. The first kappa shape index (κ1) is 15.0. The first-order valence-electron chi connectivity index (χ1n) is 7.44. The summed E-state index contributed by atoms with van der Waals surface area (Å²) in [6.07, 6.45) is 1.73. The predicted molar refractivity (Wildman–Crippen MR) is 86.1 cm³/mol. The van der Waals surface area contributed by atoms with E-state index >= 15 is 0 Å². The SMILES string of the molecule is Cc1nc(C)c(CCC(=O)N2CCc3sccc3C2)c(=O)[nH]1. The second-order valence-electron chi connectivity index (χ2n) is 5.65. The van der Waals surface area contributed by atoms with Gasteiger partial charge in [0.15, 0.2) is 0 Å². The van der Waals surface area contributed by atoms with Gasteiger partial charge in [-0.05, 0) is 43.7 Å². The summed E-state index contributed by atoms with van der Waals surface area (Å²) < 4.78 is 0. The Hall–Kier alpha value is -1.95. The number of H-pyrrole nitrogens is 1. The molecule has 2 aromatic heterocycles. The van der Waals surface area contributed by atoms with Crippen LogP contribution in [0.3, 0.4) is 0 Å². The first-order chi connectivity index (χ1) is 10.5. The fourth-order valence-electron chi connectivity index (χ4n) is 2.90. The second kappa shape index (κ2) is 6.04. The fraction of sp³-hybridized carbons (Fsp3) is 0.438. The number of carbonyl (C=O) groups is 1. The van der Waals surface area contributed by atoms with E-state index in [9.17, 15) is 9.59 Å². The maximum Gasteiger partial charge on any atom is 0.254 e. The van der Waals surface area contributed by atoms with Crippen LogP contribution in [0.4, 0.5) is 0 Å². The number of aryl methyl sites for hydroxylation is 2. The predicted octanol–water partition coefficient (Wildman–Crippen LogP) is 1.97. The van der Waals surface area contributed by atoms with Crippen molar-refractivity contribution in [2.75, 3.05) is 6.54 Å². The first-order valence-corrected chi connectivity index (χ1v) is 8.32. The van der Waals surface area contributed by atoms with Crippen molar-refractivity contribution in [3.63, 3.8) is 0 Å². The molecule has 5 nitrogen and oxygen atoms in total. The average molecular weight is 317 g/mol. The molecule has 6 heteroatoms. The van der Waals surface area contributed by atoms with Crippen LogP contribution in [0.2, 0.25) is 0 Å². The largest absolute Gasteiger partial charge is 0.338 e. The number of carbonyl (C=O) groups excluding carboxylic acids is 1. The Morgan fingerprint density at radius 2 is 2.27 bits per heavy atom. The Bertz CT molecular complexity index is 763. The molecular formula is C16H19N3O2S. The van der Waals surface area contributed by atoms with Gasteiger partial charge in [-0.25, -0.2) is 4.98 Å². The van der Waals surface area contributed by atoms with Gasteiger partial charge in [0.05, 0.1) is 0 Å². The van der Waals surface area contributed by atoms with Crippen molar-refractivity contribution in [3.8, 4) is 0 Å². The van der Waals surface area contributed by atoms with Gasteiger partial charge >= 0.3 is 0 Å². The summed E-state index contributed by atoms with van der Waals surface area (Å²) in [5, 5.41) is 2.08. The number of thiophene rings is 1. The van der Waals surface area contributed by atoms with Gasteiger partial charge < -0.3 is 9.88 Å². The number of hydrogen-bond acceptors (Lipinski definition) is 4. The van der Waals surface area contributed by atoms with Crippen LogP contribution in [0.25, 0.3) is 0 Å². The molecule has 0 aromatic carbocycles. The molecule has 0 saturated carbocycles. The number of hydrogen-bond donors (Lipinski definition) is 1. The van der Waals surface area contributed by atoms with E-state index in [0.717, 1.165) is 13.0 Å². The van der Waals surface area contributed by atoms with Gasteiger partial charge in [-0.1, -0.05) is 0 Å². The minimum atomic E-state index is -0.128. The van der Waals surface area contributed by atoms with Gasteiger partial charge in [-0.2, -0.15) is 0 Å². The molecule has 116 valence electrons. The Kier molecular flexibility index (Phi) is 4.11. The highest BCUT2D eigenvalue weighted by molar-refractivity contribution is 7.10. The highest BCUT2D eigenvalue weighted by atomic mass is 32.1. The van der Waals surface area contributed by atoms with Gasteiger partial charge in [-0.15, -0.1) is 11.3 Å². The number of aromatic amines is 1.